The second kappa shape index (κ2) is 8.90. The molecule has 4 fully saturated rings. The van der Waals surface area contributed by atoms with Gasteiger partial charge >= 0.3 is 5.97 Å². The lowest BCUT2D eigenvalue weighted by Gasteiger charge is -2.62. The average molecular weight is 450 g/mol. The van der Waals surface area contributed by atoms with Crippen LogP contribution in [0.25, 0.3) is 0 Å². The Bertz CT molecular complexity index is 727. The van der Waals surface area contributed by atoms with Gasteiger partial charge in [0.2, 0.25) is 5.91 Å². The van der Waals surface area contributed by atoms with Crippen LogP contribution in [0.2, 0.25) is 0 Å². The van der Waals surface area contributed by atoms with Crippen molar-refractivity contribution in [2.24, 2.45) is 46.3 Å². The SMILES string of the molecule is C[C@@H](CCC(=O)NCC(=O)O)[C@H]1CC[C@H]2[C@@H]3[C@H](O)C[C@H]4C[C@H](O)CC[C@]4(C)[C@H]3CC[C@]12C. The smallest absolute Gasteiger partial charge is 0.322 e. The molecule has 0 aliphatic heterocycles. The Morgan fingerprint density at radius 2 is 1.69 bits per heavy atom. The Morgan fingerprint density at radius 1 is 1.00 bits per heavy atom. The Morgan fingerprint density at radius 3 is 2.41 bits per heavy atom. The molecule has 6 nitrogen and oxygen atoms in total. The number of aliphatic hydroxyl groups excluding tert-OH is 2. The monoisotopic (exact) mass is 449 g/mol. The van der Waals surface area contributed by atoms with E-state index in [1.54, 1.807) is 0 Å². The molecule has 6 heteroatoms. The van der Waals surface area contributed by atoms with Gasteiger partial charge in [0.05, 0.1) is 12.2 Å². The largest absolute Gasteiger partial charge is 0.480 e. The molecule has 0 radical (unpaired) electrons. The van der Waals surface area contributed by atoms with Crippen LogP contribution in [0.3, 0.4) is 0 Å². The summed E-state index contributed by atoms with van der Waals surface area (Å²) in [5.41, 5.74) is 0.451. The Kier molecular flexibility index (Phi) is 6.68. The third-order valence-electron chi connectivity index (χ3n) is 10.7. The van der Waals surface area contributed by atoms with Gasteiger partial charge in [-0.1, -0.05) is 20.8 Å². The zero-order valence-corrected chi connectivity index (χ0v) is 20.1. The van der Waals surface area contributed by atoms with Gasteiger partial charge in [0.15, 0.2) is 0 Å². The van der Waals surface area contributed by atoms with Crippen molar-refractivity contribution in [1.82, 2.24) is 5.32 Å². The highest BCUT2D eigenvalue weighted by Crippen LogP contribution is 2.68. The number of aliphatic carboxylic acids is 1. The van der Waals surface area contributed by atoms with E-state index in [4.69, 9.17) is 5.11 Å². The molecule has 0 aromatic carbocycles. The number of amides is 1. The maximum Gasteiger partial charge on any atom is 0.322 e. The highest BCUT2D eigenvalue weighted by atomic mass is 16.4. The van der Waals surface area contributed by atoms with Crippen LogP contribution in [0.5, 0.6) is 0 Å². The Balaban J connectivity index is 1.44. The van der Waals surface area contributed by atoms with Crippen LogP contribution in [-0.4, -0.2) is 45.9 Å². The summed E-state index contributed by atoms with van der Waals surface area (Å²) >= 11 is 0. The van der Waals surface area contributed by atoms with E-state index in [2.05, 4.69) is 26.1 Å². The second-order valence-corrected chi connectivity index (χ2v) is 12.1. The second-order valence-electron chi connectivity index (χ2n) is 12.1. The van der Waals surface area contributed by atoms with Gasteiger partial charge in [0, 0.05) is 6.42 Å². The average Bonchev–Trinajstić information content (AvgIpc) is 3.09. The van der Waals surface area contributed by atoms with Crippen LogP contribution < -0.4 is 5.32 Å². The van der Waals surface area contributed by atoms with Crippen LogP contribution in [0.15, 0.2) is 0 Å². The molecule has 0 spiro atoms. The van der Waals surface area contributed by atoms with Crippen LogP contribution in [0, 0.1) is 46.3 Å². The first-order chi connectivity index (χ1) is 15.1. The van der Waals surface area contributed by atoms with Crippen molar-refractivity contribution in [2.45, 2.75) is 97.2 Å². The van der Waals surface area contributed by atoms with Gasteiger partial charge in [-0.2, -0.15) is 0 Å². The summed E-state index contributed by atoms with van der Waals surface area (Å²) in [7, 11) is 0. The Labute approximate surface area is 192 Å². The fourth-order valence-electron chi connectivity index (χ4n) is 9.00. The van der Waals surface area contributed by atoms with Gasteiger partial charge in [-0.05, 0) is 104 Å². The lowest BCUT2D eigenvalue weighted by molar-refractivity contribution is -0.174. The van der Waals surface area contributed by atoms with E-state index in [1.807, 2.05) is 0 Å². The first kappa shape index (κ1) is 24.0. The molecule has 0 bridgehead atoms. The molecule has 10 atom stereocenters. The van der Waals surface area contributed by atoms with Gasteiger partial charge < -0.3 is 20.6 Å². The number of carbonyl (C=O) groups excluding carboxylic acids is 1. The maximum absolute atomic E-state index is 12.0. The zero-order chi connectivity index (χ0) is 23.3. The molecule has 0 aromatic rings. The summed E-state index contributed by atoms with van der Waals surface area (Å²) < 4.78 is 0. The number of carboxylic acids is 1. The van der Waals surface area contributed by atoms with Crippen molar-refractivity contribution in [3.05, 3.63) is 0 Å². The van der Waals surface area contributed by atoms with E-state index in [0.29, 0.717) is 41.9 Å². The molecule has 0 saturated heterocycles. The van der Waals surface area contributed by atoms with E-state index >= 15 is 0 Å². The molecule has 0 heterocycles. The molecular weight excluding hydrogens is 406 g/mol. The predicted molar refractivity (Wildman–Crippen MR) is 122 cm³/mol. The topological polar surface area (TPSA) is 107 Å². The molecule has 4 aliphatic carbocycles. The predicted octanol–water partition coefficient (Wildman–Crippen LogP) is 3.59. The van der Waals surface area contributed by atoms with Gasteiger partial charge in [-0.3, -0.25) is 9.59 Å². The van der Waals surface area contributed by atoms with Crippen molar-refractivity contribution in [2.75, 3.05) is 6.54 Å². The Hall–Kier alpha value is -1.14. The zero-order valence-electron chi connectivity index (χ0n) is 20.1. The number of aliphatic hydroxyl groups is 2. The molecule has 4 rings (SSSR count). The third kappa shape index (κ3) is 4.11. The van der Waals surface area contributed by atoms with Gasteiger partial charge in [-0.25, -0.2) is 0 Å². The summed E-state index contributed by atoms with van der Waals surface area (Å²) in [5, 5.41) is 32.8. The van der Waals surface area contributed by atoms with Crippen LogP contribution >= 0.6 is 0 Å². The standard InChI is InChI=1S/C26H43NO5/c1-15(4-7-22(30)27-14-23(31)32)18-5-6-19-24-20(9-11-26(18,19)3)25(2)10-8-17(28)12-16(25)13-21(24)29/h15-21,24,28-29H,4-14H2,1-3H3,(H,27,30)(H,31,32)/t15-,16+,17+,18+,19-,20-,21+,24-,25-,26+/m0/s1. The summed E-state index contributed by atoms with van der Waals surface area (Å²) in [6.07, 6.45) is 9.06. The van der Waals surface area contributed by atoms with Gasteiger partial charge in [0.25, 0.3) is 0 Å². The number of nitrogens with one attached hydrogen (secondary N) is 1. The first-order valence-corrected chi connectivity index (χ1v) is 12.9. The number of carboxylic acid groups (broad SMARTS) is 1. The van der Waals surface area contributed by atoms with Crippen molar-refractivity contribution in [3.8, 4) is 0 Å². The number of rotatable bonds is 6. The lowest BCUT2D eigenvalue weighted by atomic mass is 9.43. The van der Waals surface area contributed by atoms with E-state index in [1.165, 1.54) is 12.8 Å². The van der Waals surface area contributed by atoms with Crippen LogP contribution in [0.1, 0.15) is 85.0 Å². The molecule has 0 aromatic heterocycles. The first-order valence-electron chi connectivity index (χ1n) is 12.9. The van der Waals surface area contributed by atoms with Gasteiger partial charge in [-0.15, -0.1) is 0 Å². The molecular formula is C26H43NO5. The third-order valence-corrected chi connectivity index (χ3v) is 10.7. The lowest BCUT2D eigenvalue weighted by Crippen LogP contribution is -2.58. The normalized spacial score (nSPS) is 46.5. The maximum atomic E-state index is 12.0. The summed E-state index contributed by atoms with van der Waals surface area (Å²) in [4.78, 5) is 22.7. The molecule has 4 N–H and O–H groups in total. The quantitative estimate of drug-likeness (QED) is 0.496. The van der Waals surface area contributed by atoms with Crippen molar-refractivity contribution < 1.29 is 24.9 Å². The highest BCUT2D eigenvalue weighted by Gasteiger charge is 2.62. The van der Waals surface area contributed by atoms with Crippen LogP contribution in [0.4, 0.5) is 0 Å². The van der Waals surface area contributed by atoms with Gasteiger partial charge in [0.1, 0.15) is 6.54 Å². The minimum absolute atomic E-state index is 0.177. The number of hydrogen-bond donors (Lipinski definition) is 4. The van der Waals surface area contributed by atoms with E-state index in [0.717, 1.165) is 44.9 Å². The molecule has 32 heavy (non-hydrogen) atoms. The number of carbonyl (C=O) groups is 2. The minimum atomic E-state index is -1.01. The summed E-state index contributed by atoms with van der Waals surface area (Å²) in [6.45, 7) is 6.83. The summed E-state index contributed by atoms with van der Waals surface area (Å²) in [6, 6.07) is 0. The fraction of sp³-hybridized carbons (Fsp3) is 0.923. The van der Waals surface area contributed by atoms with E-state index in [-0.39, 0.29) is 35.5 Å². The van der Waals surface area contributed by atoms with Crippen molar-refractivity contribution in [3.63, 3.8) is 0 Å². The number of hydrogen-bond acceptors (Lipinski definition) is 4. The van der Waals surface area contributed by atoms with E-state index < -0.39 is 5.97 Å². The molecule has 0 unspecified atom stereocenters. The minimum Gasteiger partial charge on any atom is -0.480 e. The van der Waals surface area contributed by atoms with E-state index in [9.17, 15) is 19.8 Å². The fourth-order valence-corrected chi connectivity index (χ4v) is 9.00. The molecule has 182 valence electrons. The van der Waals surface area contributed by atoms with Crippen molar-refractivity contribution >= 4 is 11.9 Å². The molecule has 4 saturated carbocycles. The molecule has 1 amide bonds. The van der Waals surface area contributed by atoms with Crippen LogP contribution in [-0.2, 0) is 9.59 Å². The molecule has 4 aliphatic rings. The summed E-state index contributed by atoms with van der Waals surface area (Å²) in [5.74, 6) is 1.66. The number of fused-ring (bicyclic) bond motifs is 5. The van der Waals surface area contributed by atoms with Crippen molar-refractivity contribution in [1.29, 1.82) is 0 Å². The highest BCUT2D eigenvalue weighted by molar-refractivity contribution is 5.81.